The van der Waals surface area contributed by atoms with E-state index >= 15 is 0 Å². The molecule has 1 aliphatic rings. The molecule has 0 saturated heterocycles. The Bertz CT molecular complexity index is 373. The third kappa shape index (κ3) is 1.75. The summed E-state index contributed by atoms with van der Waals surface area (Å²) in [6.07, 6.45) is 1.54. The highest BCUT2D eigenvalue weighted by Gasteiger charge is 2.18. The van der Waals surface area contributed by atoms with Gasteiger partial charge in [-0.15, -0.1) is 0 Å². The van der Waals surface area contributed by atoms with Crippen molar-refractivity contribution in [3.05, 3.63) is 17.7 Å². The van der Waals surface area contributed by atoms with Gasteiger partial charge in [-0.3, -0.25) is 4.79 Å². The molecule has 1 heterocycles. The van der Waals surface area contributed by atoms with Crippen LogP contribution in [0.5, 0.6) is 17.2 Å². The van der Waals surface area contributed by atoms with Crippen LogP contribution in [-0.4, -0.2) is 26.6 Å². The van der Waals surface area contributed by atoms with Gasteiger partial charge in [-0.05, 0) is 12.1 Å². The molecule has 0 fully saturated rings. The van der Waals surface area contributed by atoms with Crippen LogP contribution in [0.15, 0.2) is 12.1 Å². The van der Waals surface area contributed by atoms with Crippen LogP contribution >= 0.6 is 0 Å². The van der Waals surface area contributed by atoms with Crippen LogP contribution in [0, 0.1) is 0 Å². The van der Waals surface area contributed by atoms with E-state index in [0.717, 1.165) is 12.7 Å². The summed E-state index contributed by atoms with van der Waals surface area (Å²) in [4.78, 5) is 11.0. The molecular formula is C11H12O4. The molecule has 0 bridgehead atoms. The number of benzene rings is 1. The van der Waals surface area contributed by atoms with Crippen LogP contribution in [-0.2, 0) is 0 Å². The Labute approximate surface area is 87.8 Å². The van der Waals surface area contributed by atoms with Crippen molar-refractivity contribution >= 4 is 6.29 Å². The predicted octanol–water partition coefficient (Wildman–Crippen LogP) is 1.67. The minimum absolute atomic E-state index is 0.414. The van der Waals surface area contributed by atoms with Crippen LogP contribution in [0.2, 0.25) is 0 Å². The maximum absolute atomic E-state index is 11.0. The van der Waals surface area contributed by atoms with Crippen LogP contribution in [0.4, 0.5) is 0 Å². The number of aldehydes is 1. The maximum atomic E-state index is 11.0. The van der Waals surface area contributed by atoms with Crippen LogP contribution in [0.1, 0.15) is 16.8 Å². The topological polar surface area (TPSA) is 44.8 Å². The largest absolute Gasteiger partial charge is 0.496 e. The Hall–Kier alpha value is -1.71. The van der Waals surface area contributed by atoms with E-state index in [1.54, 1.807) is 12.1 Å². The van der Waals surface area contributed by atoms with Gasteiger partial charge in [-0.25, -0.2) is 0 Å². The van der Waals surface area contributed by atoms with Gasteiger partial charge in [0.15, 0.2) is 17.8 Å². The second kappa shape index (κ2) is 4.21. The molecule has 0 amide bonds. The van der Waals surface area contributed by atoms with Crippen molar-refractivity contribution in [1.82, 2.24) is 0 Å². The minimum Gasteiger partial charge on any atom is -0.496 e. The monoisotopic (exact) mass is 208 g/mol. The second-order valence-corrected chi connectivity index (χ2v) is 3.18. The minimum atomic E-state index is 0.414. The SMILES string of the molecule is COc1ccc2c(c1C=O)OCCCO2. The second-order valence-electron chi connectivity index (χ2n) is 3.18. The highest BCUT2D eigenvalue weighted by molar-refractivity contribution is 5.85. The van der Waals surface area contributed by atoms with Crippen molar-refractivity contribution in [3.8, 4) is 17.2 Å². The third-order valence-corrected chi connectivity index (χ3v) is 2.25. The summed E-state index contributed by atoms with van der Waals surface area (Å²) < 4.78 is 16.0. The zero-order chi connectivity index (χ0) is 10.7. The third-order valence-electron chi connectivity index (χ3n) is 2.25. The Morgan fingerprint density at radius 2 is 2.13 bits per heavy atom. The normalized spacial score (nSPS) is 14.2. The summed E-state index contributed by atoms with van der Waals surface area (Å²) in [6.45, 7) is 1.17. The van der Waals surface area contributed by atoms with Crippen molar-refractivity contribution < 1.29 is 19.0 Å². The van der Waals surface area contributed by atoms with E-state index in [4.69, 9.17) is 14.2 Å². The molecule has 0 aromatic heterocycles. The maximum Gasteiger partial charge on any atom is 0.175 e. The highest BCUT2D eigenvalue weighted by Crippen LogP contribution is 2.37. The lowest BCUT2D eigenvalue weighted by molar-refractivity contribution is 0.111. The molecule has 0 spiro atoms. The van der Waals surface area contributed by atoms with Gasteiger partial charge < -0.3 is 14.2 Å². The summed E-state index contributed by atoms with van der Waals surface area (Å²) >= 11 is 0. The molecule has 0 aliphatic carbocycles. The van der Waals surface area contributed by atoms with E-state index in [9.17, 15) is 4.79 Å². The fourth-order valence-electron chi connectivity index (χ4n) is 1.53. The molecule has 0 unspecified atom stereocenters. The Kier molecular flexibility index (Phi) is 2.76. The fourth-order valence-corrected chi connectivity index (χ4v) is 1.53. The fraction of sp³-hybridized carbons (Fsp3) is 0.364. The average Bonchev–Trinajstić information content (AvgIpc) is 2.52. The molecule has 80 valence electrons. The predicted molar refractivity (Wildman–Crippen MR) is 54.0 cm³/mol. The Morgan fingerprint density at radius 3 is 2.87 bits per heavy atom. The van der Waals surface area contributed by atoms with Gasteiger partial charge in [-0.1, -0.05) is 0 Å². The first-order valence-corrected chi connectivity index (χ1v) is 4.78. The van der Waals surface area contributed by atoms with Crippen LogP contribution in [0.3, 0.4) is 0 Å². The van der Waals surface area contributed by atoms with E-state index < -0.39 is 0 Å². The molecule has 0 radical (unpaired) electrons. The first-order valence-electron chi connectivity index (χ1n) is 4.78. The van der Waals surface area contributed by atoms with Crippen molar-refractivity contribution in [3.63, 3.8) is 0 Å². The van der Waals surface area contributed by atoms with E-state index in [1.807, 2.05) is 0 Å². The number of ether oxygens (including phenoxy) is 3. The molecule has 1 aliphatic heterocycles. The lowest BCUT2D eigenvalue weighted by Crippen LogP contribution is -1.99. The standard InChI is InChI=1S/C11H12O4/c1-13-9-3-4-10-11(8(9)7-12)15-6-2-5-14-10/h3-4,7H,2,5-6H2,1H3. The Morgan fingerprint density at radius 1 is 1.33 bits per heavy atom. The molecule has 4 heteroatoms. The lowest BCUT2D eigenvalue weighted by atomic mass is 10.2. The summed E-state index contributed by atoms with van der Waals surface area (Å²) in [5.74, 6) is 1.60. The molecule has 1 aromatic carbocycles. The molecule has 0 saturated carbocycles. The van der Waals surface area contributed by atoms with Crippen LogP contribution in [0.25, 0.3) is 0 Å². The van der Waals surface area contributed by atoms with E-state index in [2.05, 4.69) is 0 Å². The Balaban J connectivity index is 2.52. The molecule has 15 heavy (non-hydrogen) atoms. The zero-order valence-electron chi connectivity index (χ0n) is 8.49. The van der Waals surface area contributed by atoms with Gasteiger partial charge in [0.2, 0.25) is 0 Å². The highest BCUT2D eigenvalue weighted by atomic mass is 16.5. The first kappa shape index (κ1) is 9.83. The summed E-state index contributed by atoms with van der Waals surface area (Å²) in [7, 11) is 1.52. The van der Waals surface area contributed by atoms with Crippen molar-refractivity contribution in [1.29, 1.82) is 0 Å². The molecule has 2 rings (SSSR count). The van der Waals surface area contributed by atoms with Gasteiger partial charge >= 0.3 is 0 Å². The quantitative estimate of drug-likeness (QED) is 0.693. The summed E-state index contributed by atoms with van der Waals surface area (Å²) in [6, 6.07) is 3.46. The van der Waals surface area contributed by atoms with Crippen molar-refractivity contribution in [2.45, 2.75) is 6.42 Å². The summed E-state index contributed by atoms with van der Waals surface area (Å²) in [5, 5.41) is 0. The van der Waals surface area contributed by atoms with E-state index in [0.29, 0.717) is 36.0 Å². The van der Waals surface area contributed by atoms with Gasteiger partial charge in [-0.2, -0.15) is 0 Å². The number of carbonyl (C=O) groups excluding carboxylic acids is 1. The molecule has 1 aromatic rings. The molecular weight excluding hydrogens is 196 g/mol. The van der Waals surface area contributed by atoms with Gasteiger partial charge in [0.05, 0.1) is 20.3 Å². The number of methoxy groups -OCH3 is 1. The van der Waals surface area contributed by atoms with Gasteiger partial charge in [0.1, 0.15) is 11.3 Å². The van der Waals surface area contributed by atoms with Crippen molar-refractivity contribution in [2.24, 2.45) is 0 Å². The number of carbonyl (C=O) groups is 1. The number of hydrogen-bond donors (Lipinski definition) is 0. The van der Waals surface area contributed by atoms with Gasteiger partial charge in [0, 0.05) is 6.42 Å². The van der Waals surface area contributed by atoms with E-state index in [1.165, 1.54) is 7.11 Å². The molecule has 0 N–H and O–H groups in total. The van der Waals surface area contributed by atoms with Crippen molar-refractivity contribution in [2.75, 3.05) is 20.3 Å². The number of rotatable bonds is 2. The number of hydrogen-bond acceptors (Lipinski definition) is 4. The molecule has 4 nitrogen and oxygen atoms in total. The van der Waals surface area contributed by atoms with Crippen LogP contribution < -0.4 is 14.2 Å². The smallest absolute Gasteiger partial charge is 0.175 e. The molecule has 0 atom stereocenters. The summed E-state index contributed by atoms with van der Waals surface area (Å²) in [5.41, 5.74) is 0.414. The average molecular weight is 208 g/mol. The lowest BCUT2D eigenvalue weighted by Gasteiger charge is -2.11. The van der Waals surface area contributed by atoms with E-state index in [-0.39, 0.29) is 0 Å². The first-order chi connectivity index (χ1) is 7.36. The zero-order valence-corrected chi connectivity index (χ0v) is 8.49. The number of fused-ring (bicyclic) bond motifs is 1. The van der Waals surface area contributed by atoms with Gasteiger partial charge in [0.25, 0.3) is 0 Å².